The third-order valence-electron chi connectivity index (χ3n) is 1.51. The van der Waals surface area contributed by atoms with Crippen molar-refractivity contribution in [3.8, 4) is 0 Å². The van der Waals surface area contributed by atoms with E-state index in [1.54, 1.807) is 0 Å². The van der Waals surface area contributed by atoms with E-state index < -0.39 is 0 Å². The number of nitrogens with zero attached hydrogens (tertiary/aromatic N) is 2. The Hall–Kier alpha value is -1.09. The van der Waals surface area contributed by atoms with Crippen molar-refractivity contribution in [3.05, 3.63) is 23.2 Å². The lowest BCUT2D eigenvalue weighted by molar-refractivity contribution is 1.18. The lowest BCUT2D eigenvalue weighted by atomic mass is 10.4. The maximum absolute atomic E-state index is 5.80. The van der Waals surface area contributed by atoms with Crippen molar-refractivity contribution in [2.24, 2.45) is 0 Å². The molecule has 0 fully saturated rings. The molecule has 2 aromatic heterocycles. The molecule has 13 heavy (non-hydrogen) atoms. The Morgan fingerprint density at radius 2 is 2.00 bits per heavy atom. The zero-order valence-corrected chi connectivity index (χ0v) is 8.68. The number of nitrogens with one attached hydrogen (secondary N) is 1. The molecule has 3 nitrogen and oxygen atoms in total. The van der Waals surface area contributed by atoms with Crippen molar-refractivity contribution in [1.82, 2.24) is 15.0 Å². The van der Waals surface area contributed by atoms with Crippen LogP contribution in [-0.2, 0) is 0 Å². The number of H-pyrrole nitrogens is 1. The van der Waals surface area contributed by atoms with Crippen LogP contribution in [0.15, 0.2) is 12.4 Å². The lowest BCUT2D eigenvalue weighted by Crippen LogP contribution is -1.79. The van der Waals surface area contributed by atoms with E-state index in [1.807, 2.05) is 26.8 Å². The second-order valence-corrected chi connectivity index (χ2v) is 2.74. The molecule has 4 heteroatoms. The third-order valence-corrected chi connectivity index (χ3v) is 1.81. The number of hydrogen-bond acceptors (Lipinski definition) is 2. The number of halogens is 1. The molecular weight excluding hydrogens is 186 g/mol. The number of aryl methyl sites for hydroxylation is 1. The molecule has 1 N–H and O–H groups in total. The summed E-state index contributed by atoms with van der Waals surface area (Å²) in [5.41, 5.74) is 1.84. The second-order valence-electron chi connectivity index (χ2n) is 2.38. The van der Waals surface area contributed by atoms with Gasteiger partial charge in [-0.05, 0) is 13.0 Å². The Labute approximate surface area is 82.2 Å². The molecule has 0 radical (unpaired) electrons. The highest BCUT2D eigenvalue weighted by atomic mass is 35.5. The second kappa shape index (κ2) is 4.23. The van der Waals surface area contributed by atoms with Crippen LogP contribution >= 0.6 is 11.6 Å². The van der Waals surface area contributed by atoms with E-state index in [4.69, 9.17) is 11.6 Å². The van der Waals surface area contributed by atoms with Gasteiger partial charge in [-0.3, -0.25) is 0 Å². The van der Waals surface area contributed by atoms with Crippen LogP contribution in [0, 0.1) is 6.92 Å². The topological polar surface area (TPSA) is 41.6 Å². The molecule has 0 saturated carbocycles. The summed E-state index contributed by atoms with van der Waals surface area (Å²) in [7, 11) is 0. The van der Waals surface area contributed by atoms with Gasteiger partial charge in [-0.1, -0.05) is 25.4 Å². The number of fused-ring (bicyclic) bond motifs is 1. The van der Waals surface area contributed by atoms with E-state index in [9.17, 15) is 0 Å². The molecule has 70 valence electrons. The van der Waals surface area contributed by atoms with Crippen LogP contribution in [0.1, 0.15) is 19.5 Å². The first-order valence-electron chi connectivity index (χ1n) is 4.23. The molecule has 0 spiro atoms. The maximum Gasteiger partial charge on any atom is 0.142 e. The predicted octanol–water partition coefficient (Wildman–Crippen LogP) is 2.95. The van der Waals surface area contributed by atoms with Gasteiger partial charge in [-0.15, -0.1) is 0 Å². The monoisotopic (exact) mass is 197 g/mol. The summed E-state index contributed by atoms with van der Waals surface area (Å²) in [6.45, 7) is 5.96. The van der Waals surface area contributed by atoms with E-state index in [1.165, 1.54) is 6.33 Å². The van der Waals surface area contributed by atoms with Crippen molar-refractivity contribution in [2.45, 2.75) is 20.8 Å². The van der Waals surface area contributed by atoms with Gasteiger partial charge in [0.2, 0.25) is 0 Å². The van der Waals surface area contributed by atoms with E-state index in [0.717, 1.165) is 16.7 Å². The van der Waals surface area contributed by atoms with Crippen LogP contribution in [0.25, 0.3) is 11.0 Å². The van der Waals surface area contributed by atoms with Crippen molar-refractivity contribution in [3.63, 3.8) is 0 Å². The molecule has 0 aliphatic carbocycles. The quantitative estimate of drug-likeness (QED) is 0.660. The van der Waals surface area contributed by atoms with Crippen molar-refractivity contribution in [2.75, 3.05) is 0 Å². The summed E-state index contributed by atoms with van der Waals surface area (Å²) in [5.74, 6) is 0. The van der Waals surface area contributed by atoms with E-state index in [0.29, 0.717) is 5.15 Å². The zero-order chi connectivity index (χ0) is 9.84. The predicted molar refractivity (Wildman–Crippen MR) is 55.0 cm³/mol. The van der Waals surface area contributed by atoms with Crippen LogP contribution in [0.5, 0.6) is 0 Å². The van der Waals surface area contributed by atoms with Gasteiger partial charge in [0, 0.05) is 5.69 Å². The van der Waals surface area contributed by atoms with Crippen molar-refractivity contribution >= 4 is 22.6 Å². The number of aromatic nitrogens is 3. The van der Waals surface area contributed by atoms with E-state index >= 15 is 0 Å². The number of hydrogen-bond donors (Lipinski definition) is 1. The Morgan fingerprint density at radius 3 is 2.62 bits per heavy atom. The van der Waals surface area contributed by atoms with E-state index in [-0.39, 0.29) is 0 Å². The minimum Gasteiger partial charge on any atom is -0.343 e. The first-order chi connectivity index (χ1) is 6.27. The van der Waals surface area contributed by atoms with Gasteiger partial charge in [0.05, 0.1) is 5.39 Å². The third kappa shape index (κ3) is 1.98. The molecule has 0 aliphatic heterocycles. The zero-order valence-electron chi connectivity index (χ0n) is 7.93. The Kier molecular flexibility index (Phi) is 3.25. The van der Waals surface area contributed by atoms with Crippen LogP contribution < -0.4 is 0 Å². The summed E-state index contributed by atoms with van der Waals surface area (Å²) in [5, 5.41) is 1.38. The molecule has 0 bridgehead atoms. The molecule has 0 aliphatic rings. The fourth-order valence-corrected chi connectivity index (χ4v) is 1.23. The molecule has 2 heterocycles. The molecule has 0 amide bonds. The van der Waals surface area contributed by atoms with Crippen LogP contribution in [0.4, 0.5) is 0 Å². The molecule has 0 saturated heterocycles. The highest BCUT2D eigenvalue weighted by Crippen LogP contribution is 2.18. The molecule has 2 aromatic rings. The smallest absolute Gasteiger partial charge is 0.142 e. The Morgan fingerprint density at radius 1 is 1.31 bits per heavy atom. The maximum atomic E-state index is 5.80. The van der Waals surface area contributed by atoms with Gasteiger partial charge in [-0.2, -0.15) is 0 Å². The Balaban J connectivity index is 0.000000396. The first-order valence-corrected chi connectivity index (χ1v) is 4.61. The SMILES string of the molecule is CC.Cc1cc2c(Cl)ncnc2[nH]1. The highest BCUT2D eigenvalue weighted by Gasteiger charge is 2.02. The van der Waals surface area contributed by atoms with Gasteiger partial charge in [0.25, 0.3) is 0 Å². The van der Waals surface area contributed by atoms with Crippen LogP contribution in [0.2, 0.25) is 5.15 Å². The summed E-state index contributed by atoms with van der Waals surface area (Å²) in [4.78, 5) is 10.9. The molecular formula is C9H12ClN3. The van der Waals surface area contributed by atoms with Crippen molar-refractivity contribution in [1.29, 1.82) is 0 Å². The van der Waals surface area contributed by atoms with Crippen molar-refractivity contribution < 1.29 is 0 Å². The average molecular weight is 198 g/mol. The minimum atomic E-state index is 0.499. The normalized spacial score (nSPS) is 9.54. The molecule has 0 unspecified atom stereocenters. The Bertz CT molecular complexity index is 395. The van der Waals surface area contributed by atoms with Crippen LogP contribution in [0.3, 0.4) is 0 Å². The molecule has 0 aromatic carbocycles. The highest BCUT2D eigenvalue weighted by molar-refractivity contribution is 6.33. The van der Waals surface area contributed by atoms with Gasteiger partial charge in [-0.25, -0.2) is 9.97 Å². The summed E-state index contributed by atoms with van der Waals surface area (Å²) >= 11 is 5.80. The van der Waals surface area contributed by atoms with Gasteiger partial charge < -0.3 is 4.98 Å². The fourth-order valence-electron chi connectivity index (χ4n) is 1.04. The summed E-state index contributed by atoms with van der Waals surface area (Å²) in [6, 6.07) is 1.93. The lowest BCUT2D eigenvalue weighted by Gasteiger charge is -1.88. The fraction of sp³-hybridized carbons (Fsp3) is 0.333. The largest absolute Gasteiger partial charge is 0.343 e. The summed E-state index contributed by atoms with van der Waals surface area (Å²) in [6.07, 6.45) is 1.45. The van der Waals surface area contributed by atoms with Gasteiger partial charge >= 0.3 is 0 Å². The summed E-state index contributed by atoms with van der Waals surface area (Å²) < 4.78 is 0. The molecule has 0 atom stereocenters. The van der Waals surface area contributed by atoms with E-state index in [2.05, 4.69) is 15.0 Å². The minimum absolute atomic E-state index is 0.499. The molecule has 2 rings (SSSR count). The standard InChI is InChI=1S/C7H6ClN3.C2H6/c1-4-2-5-6(8)9-3-10-7(5)11-4;1-2/h2-3H,1H3,(H,9,10,11);1-2H3. The average Bonchev–Trinajstić information content (AvgIpc) is 2.51. The van der Waals surface area contributed by atoms with Crippen LogP contribution in [-0.4, -0.2) is 15.0 Å². The number of aromatic amines is 1. The van der Waals surface area contributed by atoms with Gasteiger partial charge in [0.1, 0.15) is 17.1 Å². The number of rotatable bonds is 0. The van der Waals surface area contributed by atoms with Gasteiger partial charge in [0.15, 0.2) is 0 Å². The first kappa shape index (κ1) is 9.99.